The number of nitrogens with zero attached hydrogens (tertiary/aromatic N) is 1. The van der Waals surface area contributed by atoms with Gasteiger partial charge in [0.25, 0.3) is 0 Å². The molecule has 0 saturated heterocycles. The number of carboxylic acids is 1. The summed E-state index contributed by atoms with van der Waals surface area (Å²) in [7, 11) is 0. The molecule has 24 heavy (non-hydrogen) atoms. The Labute approximate surface area is 144 Å². The lowest BCUT2D eigenvalue weighted by molar-refractivity contribution is -0.143. The van der Waals surface area contributed by atoms with Gasteiger partial charge in [0.2, 0.25) is 0 Å². The zero-order valence-corrected chi connectivity index (χ0v) is 13.9. The third kappa shape index (κ3) is 2.22. The summed E-state index contributed by atoms with van der Waals surface area (Å²) < 4.78 is 0. The summed E-state index contributed by atoms with van der Waals surface area (Å²) in [5.74, 6) is -0.794. The first-order valence-corrected chi connectivity index (χ1v) is 8.76. The highest BCUT2D eigenvalue weighted by molar-refractivity contribution is 7.10. The number of fused-ring (bicyclic) bond motifs is 1. The van der Waals surface area contributed by atoms with Crippen LogP contribution in [0.2, 0.25) is 0 Å². The van der Waals surface area contributed by atoms with Crippen LogP contribution in [0.1, 0.15) is 16.0 Å². The Morgan fingerprint density at radius 1 is 1.04 bits per heavy atom. The Balaban J connectivity index is 1.87. The Hall–Kier alpha value is -2.59. The number of aliphatic carboxylic acids is 1. The van der Waals surface area contributed by atoms with E-state index in [0.29, 0.717) is 13.0 Å². The van der Waals surface area contributed by atoms with Gasteiger partial charge in [0.05, 0.1) is 0 Å². The number of carbonyl (C=O) groups is 1. The first-order valence-electron chi connectivity index (χ1n) is 7.89. The number of hydrogen-bond donors (Lipinski definition) is 1. The molecule has 0 aliphatic carbocycles. The largest absolute Gasteiger partial charge is 0.479 e. The van der Waals surface area contributed by atoms with Crippen LogP contribution in [0.25, 0.3) is 0 Å². The quantitative estimate of drug-likeness (QED) is 0.773. The van der Waals surface area contributed by atoms with Gasteiger partial charge in [-0.15, -0.1) is 11.3 Å². The molecule has 1 unspecified atom stereocenters. The Kier molecular flexibility index (Phi) is 3.62. The van der Waals surface area contributed by atoms with E-state index in [0.717, 1.165) is 21.7 Å². The van der Waals surface area contributed by atoms with Gasteiger partial charge in [-0.25, -0.2) is 4.79 Å². The van der Waals surface area contributed by atoms with E-state index in [1.54, 1.807) is 0 Å². The number of anilines is 1. The Morgan fingerprint density at radius 3 is 2.50 bits per heavy atom. The van der Waals surface area contributed by atoms with Gasteiger partial charge in [-0.05, 0) is 28.6 Å². The predicted octanol–water partition coefficient (Wildman–Crippen LogP) is 4.29. The van der Waals surface area contributed by atoms with Gasteiger partial charge in [0.1, 0.15) is 0 Å². The predicted molar refractivity (Wildman–Crippen MR) is 96.4 cm³/mol. The van der Waals surface area contributed by atoms with Crippen LogP contribution >= 0.6 is 11.3 Å². The van der Waals surface area contributed by atoms with Crippen molar-refractivity contribution in [1.82, 2.24) is 0 Å². The molecule has 0 saturated carbocycles. The Morgan fingerprint density at radius 2 is 1.79 bits per heavy atom. The van der Waals surface area contributed by atoms with Crippen molar-refractivity contribution >= 4 is 23.0 Å². The minimum Gasteiger partial charge on any atom is -0.479 e. The third-order valence-electron chi connectivity index (χ3n) is 4.66. The van der Waals surface area contributed by atoms with Gasteiger partial charge in [-0.3, -0.25) is 0 Å². The average molecular weight is 335 g/mol. The van der Waals surface area contributed by atoms with Crippen molar-refractivity contribution in [1.29, 1.82) is 0 Å². The number of para-hydroxylation sites is 1. The summed E-state index contributed by atoms with van der Waals surface area (Å²) in [5.41, 5.74) is 2.17. The van der Waals surface area contributed by atoms with Crippen LogP contribution < -0.4 is 4.90 Å². The van der Waals surface area contributed by atoms with Crippen molar-refractivity contribution in [2.75, 3.05) is 4.90 Å². The van der Waals surface area contributed by atoms with Crippen molar-refractivity contribution in [3.8, 4) is 0 Å². The molecular formula is C20H17NO2S. The molecule has 1 aliphatic heterocycles. The van der Waals surface area contributed by atoms with Gasteiger partial charge in [0, 0.05) is 23.5 Å². The molecule has 1 aromatic heterocycles. The Bertz CT molecular complexity index is 860. The fraction of sp³-hybridized carbons (Fsp3) is 0.150. The zero-order valence-electron chi connectivity index (χ0n) is 13.1. The molecule has 0 spiro atoms. The summed E-state index contributed by atoms with van der Waals surface area (Å²) in [6, 6.07) is 21.9. The molecule has 2 heterocycles. The molecule has 3 aromatic rings. The van der Waals surface area contributed by atoms with E-state index >= 15 is 0 Å². The van der Waals surface area contributed by atoms with Crippen LogP contribution in [-0.2, 0) is 23.3 Å². The lowest BCUT2D eigenvalue weighted by Gasteiger charge is -2.36. The zero-order chi connectivity index (χ0) is 16.6. The highest BCUT2D eigenvalue weighted by Gasteiger charge is 2.52. The van der Waals surface area contributed by atoms with Gasteiger partial charge in [0.15, 0.2) is 5.54 Å². The number of hydrogen-bond acceptors (Lipinski definition) is 3. The number of benzene rings is 2. The number of rotatable bonds is 4. The molecule has 0 radical (unpaired) electrons. The smallest absolute Gasteiger partial charge is 0.335 e. The molecule has 0 bridgehead atoms. The van der Waals surface area contributed by atoms with Crippen molar-refractivity contribution in [2.45, 2.75) is 18.5 Å². The maximum absolute atomic E-state index is 12.5. The van der Waals surface area contributed by atoms with Crippen molar-refractivity contribution < 1.29 is 9.90 Å². The normalized spacial score (nSPS) is 19.2. The molecule has 2 aromatic carbocycles. The summed E-state index contributed by atoms with van der Waals surface area (Å²) in [5, 5.41) is 12.2. The topological polar surface area (TPSA) is 40.5 Å². The molecular weight excluding hydrogens is 318 g/mol. The second-order valence-corrected chi connectivity index (χ2v) is 6.97. The molecule has 1 aliphatic rings. The van der Waals surface area contributed by atoms with Crippen LogP contribution in [0.5, 0.6) is 0 Å². The molecule has 0 amide bonds. The fourth-order valence-corrected chi connectivity index (χ4v) is 4.44. The minimum absolute atomic E-state index is 0.492. The molecule has 3 nitrogen and oxygen atoms in total. The number of thiophene rings is 1. The average Bonchev–Trinajstić information content (AvgIpc) is 3.23. The SMILES string of the molecule is O=C(O)C1(c2cccs2)Cc2ccccc2N1Cc1ccccc1. The third-order valence-corrected chi connectivity index (χ3v) is 5.68. The van der Waals surface area contributed by atoms with Crippen LogP contribution in [0, 0.1) is 0 Å². The van der Waals surface area contributed by atoms with E-state index in [1.165, 1.54) is 11.3 Å². The van der Waals surface area contributed by atoms with Crippen LogP contribution in [-0.4, -0.2) is 11.1 Å². The van der Waals surface area contributed by atoms with E-state index < -0.39 is 11.5 Å². The summed E-state index contributed by atoms with van der Waals surface area (Å²) >= 11 is 1.51. The molecule has 1 N–H and O–H groups in total. The van der Waals surface area contributed by atoms with Crippen molar-refractivity contribution in [3.05, 3.63) is 88.1 Å². The summed E-state index contributed by atoms with van der Waals surface area (Å²) in [4.78, 5) is 15.4. The van der Waals surface area contributed by atoms with Crippen LogP contribution in [0.3, 0.4) is 0 Å². The van der Waals surface area contributed by atoms with Crippen LogP contribution in [0.4, 0.5) is 5.69 Å². The summed E-state index contributed by atoms with van der Waals surface area (Å²) in [6.07, 6.45) is 0.492. The summed E-state index contributed by atoms with van der Waals surface area (Å²) in [6.45, 7) is 0.571. The van der Waals surface area contributed by atoms with Crippen LogP contribution in [0.15, 0.2) is 72.1 Å². The second kappa shape index (κ2) is 5.80. The highest BCUT2D eigenvalue weighted by Crippen LogP contribution is 2.47. The van der Waals surface area contributed by atoms with E-state index in [4.69, 9.17) is 0 Å². The fourth-order valence-electron chi connectivity index (χ4n) is 3.52. The van der Waals surface area contributed by atoms with E-state index in [1.807, 2.05) is 77.0 Å². The second-order valence-electron chi connectivity index (χ2n) is 6.02. The molecule has 0 fully saturated rings. The molecule has 120 valence electrons. The monoisotopic (exact) mass is 335 g/mol. The molecule has 1 atom stereocenters. The van der Waals surface area contributed by atoms with E-state index in [-0.39, 0.29) is 0 Å². The maximum atomic E-state index is 12.5. The lowest BCUT2D eigenvalue weighted by Crippen LogP contribution is -2.49. The molecule has 4 heteroatoms. The standard InChI is InChI=1S/C20H17NO2S/c22-19(23)20(18-11-6-12-24-18)13-16-9-4-5-10-17(16)21(20)14-15-7-2-1-3-8-15/h1-12H,13-14H2,(H,22,23). The van der Waals surface area contributed by atoms with E-state index in [9.17, 15) is 9.90 Å². The number of carboxylic acid groups (broad SMARTS) is 1. The highest BCUT2D eigenvalue weighted by atomic mass is 32.1. The van der Waals surface area contributed by atoms with Crippen molar-refractivity contribution in [2.24, 2.45) is 0 Å². The van der Waals surface area contributed by atoms with E-state index in [2.05, 4.69) is 0 Å². The van der Waals surface area contributed by atoms with Gasteiger partial charge in [-0.1, -0.05) is 54.6 Å². The van der Waals surface area contributed by atoms with Gasteiger partial charge >= 0.3 is 5.97 Å². The maximum Gasteiger partial charge on any atom is 0.335 e. The first kappa shape index (κ1) is 15.0. The molecule has 4 rings (SSSR count). The van der Waals surface area contributed by atoms with Crippen molar-refractivity contribution in [3.63, 3.8) is 0 Å². The minimum atomic E-state index is -1.03. The van der Waals surface area contributed by atoms with Gasteiger partial charge in [-0.2, -0.15) is 0 Å². The lowest BCUT2D eigenvalue weighted by atomic mass is 9.92. The first-order chi connectivity index (χ1) is 11.7. The van der Waals surface area contributed by atoms with Gasteiger partial charge < -0.3 is 10.0 Å².